The Kier molecular flexibility index (Phi) is 5.29. The van der Waals surface area contributed by atoms with Crippen molar-refractivity contribution >= 4 is 17.7 Å². The number of halogens is 3. The van der Waals surface area contributed by atoms with E-state index >= 15 is 0 Å². The van der Waals surface area contributed by atoms with Gasteiger partial charge in [0.25, 0.3) is 5.91 Å². The van der Waals surface area contributed by atoms with E-state index in [2.05, 4.69) is 4.90 Å². The quantitative estimate of drug-likeness (QED) is 0.764. The van der Waals surface area contributed by atoms with Crippen LogP contribution >= 0.6 is 0 Å². The van der Waals surface area contributed by atoms with Crippen molar-refractivity contribution < 1.29 is 18.0 Å². The molecular weight excluding hydrogens is 395 g/mol. The Hall–Kier alpha value is -2.84. The van der Waals surface area contributed by atoms with Crippen LogP contribution in [0.5, 0.6) is 0 Å². The Labute approximate surface area is 173 Å². The number of rotatable bonds is 3. The average Bonchev–Trinajstić information content (AvgIpc) is 3.26. The van der Waals surface area contributed by atoms with E-state index in [1.165, 1.54) is 12.1 Å². The Balaban J connectivity index is 1.58. The first-order valence-electron chi connectivity index (χ1n) is 10.0. The lowest BCUT2D eigenvalue weighted by atomic mass is 10.0. The highest BCUT2D eigenvalue weighted by molar-refractivity contribution is 5.94. The van der Waals surface area contributed by atoms with E-state index in [0.29, 0.717) is 19.5 Å². The van der Waals surface area contributed by atoms with Gasteiger partial charge in [0, 0.05) is 51.3 Å². The maximum absolute atomic E-state index is 12.9. The van der Waals surface area contributed by atoms with Crippen molar-refractivity contribution in [2.75, 3.05) is 43.5 Å². The fourth-order valence-corrected chi connectivity index (χ4v) is 3.97. The Bertz CT molecular complexity index is 937. The Morgan fingerprint density at radius 3 is 2.30 bits per heavy atom. The number of anilines is 2. The van der Waals surface area contributed by atoms with Gasteiger partial charge >= 0.3 is 6.18 Å². The van der Waals surface area contributed by atoms with Gasteiger partial charge in [-0.2, -0.15) is 18.2 Å². The first kappa shape index (κ1) is 20.4. The fourth-order valence-electron chi connectivity index (χ4n) is 3.97. The summed E-state index contributed by atoms with van der Waals surface area (Å²) in [5, 5.41) is 0. The first-order valence-corrected chi connectivity index (χ1v) is 10.0. The van der Waals surface area contributed by atoms with Crippen LogP contribution < -0.4 is 9.80 Å². The number of amides is 1. The van der Waals surface area contributed by atoms with Crippen molar-refractivity contribution in [1.29, 1.82) is 0 Å². The summed E-state index contributed by atoms with van der Waals surface area (Å²) in [6, 6.07) is 4.37. The predicted molar refractivity (Wildman–Crippen MR) is 108 cm³/mol. The van der Waals surface area contributed by atoms with Crippen molar-refractivity contribution in [3.8, 4) is 0 Å². The summed E-state index contributed by atoms with van der Waals surface area (Å²) in [6.45, 7) is 2.70. The number of hydrogen-bond donors (Lipinski definition) is 0. The average molecular weight is 419 g/mol. The third-order valence-electron chi connectivity index (χ3n) is 5.59. The summed E-state index contributed by atoms with van der Waals surface area (Å²) >= 11 is 0. The van der Waals surface area contributed by atoms with Gasteiger partial charge in [-0.05, 0) is 37.1 Å². The van der Waals surface area contributed by atoms with Crippen molar-refractivity contribution in [2.24, 2.45) is 0 Å². The lowest BCUT2D eigenvalue weighted by Gasteiger charge is -2.32. The highest BCUT2D eigenvalue weighted by atomic mass is 19.4. The maximum Gasteiger partial charge on any atom is 0.416 e. The normalized spacial score (nSPS) is 16.6. The molecule has 0 saturated carbocycles. The molecule has 1 aromatic carbocycles. The van der Waals surface area contributed by atoms with Gasteiger partial charge in [-0.25, -0.2) is 4.98 Å². The van der Waals surface area contributed by atoms with Crippen LogP contribution in [0.1, 0.15) is 40.0 Å². The number of alkyl halides is 3. The molecule has 6 nitrogen and oxygen atoms in total. The van der Waals surface area contributed by atoms with E-state index < -0.39 is 11.7 Å². The molecule has 0 aliphatic carbocycles. The number of benzene rings is 1. The number of nitrogens with zero attached hydrogens (tertiary/aromatic N) is 5. The molecule has 0 bridgehead atoms. The smallest absolute Gasteiger partial charge is 0.362 e. The molecule has 2 aromatic rings. The van der Waals surface area contributed by atoms with Gasteiger partial charge in [-0.3, -0.25) is 4.79 Å². The van der Waals surface area contributed by atoms with Crippen LogP contribution in [0.2, 0.25) is 0 Å². The van der Waals surface area contributed by atoms with E-state index in [1.807, 2.05) is 19.0 Å². The first-order chi connectivity index (χ1) is 14.2. The molecule has 0 atom stereocenters. The van der Waals surface area contributed by atoms with Crippen LogP contribution in [-0.4, -0.2) is 54.5 Å². The predicted octanol–water partition coefficient (Wildman–Crippen LogP) is 3.36. The van der Waals surface area contributed by atoms with Crippen LogP contribution in [0, 0.1) is 0 Å². The summed E-state index contributed by atoms with van der Waals surface area (Å²) in [5.74, 6) is 1.23. The lowest BCUT2D eigenvalue weighted by Crippen LogP contribution is -2.38. The summed E-state index contributed by atoms with van der Waals surface area (Å²) < 4.78 is 38.4. The van der Waals surface area contributed by atoms with Crippen molar-refractivity contribution in [3.63, 3.8) is 0 Å². The summed E-state index contributed by atoms with van der Waals surface area (Å²) in [7, 11) is 3.82. The monoisotopic (exact) mass is 419 g/mol. The second-order valence-corrected chi connectivity index (χ2v) is 7.91. The second-order valence-electron chi connectivity index (χ2n) is 7.91. The van der Waals surface area contributed by atoms with Gasteiger partial charge in [0.1, 0.15) is 5.82 Å². The molecule has 1 aromatic heterocycles. The van der Waals surface area contributed by atoms with Crippen LogP contribution in [0.25, 0.3) is 0 Å². The van der Waals surface area contributed by atoms with Crippen LogP contribution in [0.3, 0.4) is 0 Å². The third kappa shape index (κ3) is 3.93. The van der Waals surface area contributed by atoms with E-state index in [9.17, 15) is 18.0 Å². The molecule has 2 aliphatic rings. The second kappa shape index (κ2) is 7.77. The Morgan fingerprint density at radius 1 is 1.03 bits per heavy atom. The molecule has 0 unspecified atom stereocenters. The lowest BCUT2D eigenvalue weighted by molar-refractivity contribution is -0.137. The molecule has 160 valence electrons. The van der Waals surface area contributed by atoms with Gasteiger partial charge in [0.15, 0.2) is 0 Å². The minimum atomic E-state index is -4.42. The molecule has 30 heavy (non-hydrogen) atoms. The highest BCUT2D eigenvalue weighted by Gasteiger charge is 2.31. The molecule has 4 rings (SSSR count). The van der Waals surface area contributed by atoms with Crippen LogP contribution in [-0.2, 0) is 19.1 Å². The highest BCUT2D eigenvalue weighted by Crippen LogP contribution is 2.31. The zero-order valence-corrected chi connectivity index (χ0v) is 17.0. The molecule has 0 N–H and O–H groups in total. The van der Waals surface area contributed by atoms with Crippen molar-refractivity contribution in [3.05, 3.63) is 46.6 Å². The topological polar surface area (TPSA) is 52.6 Å². The van der Waals surface area contributed by atoms with E-state index in [1.54, 1.807) is 4.90 Å². The molecule has 0 spiro atoms. The third-order valence-corrected chi connectivity index (χ3v) is 5.59. The molecule has 1 fully saturated rings. The van der Waals surface area contributed by atoms with Gasteiger partial charge in [-0.15, -0.1) is 0 Å². The number of carbonyl (C=O) groups is 1. The minimum Gasteiger partial charge on any atom is -0.362 e. The van der Waals surface area contributed by atoms with E-state index in [-0.39, 0.29) is 11.5 Å². The number of carbonyl (C=O) groups excluding carboxylic acids is 1. The molecule has 0 radical (unpaired) electrons. The van der Waals surface area contributed by atoms with Gasteiger partial charge in [0.2, 0.25) is 5.95 Å². The Morgan fingerprint density at radius 2 is 1.70 bits per heavy atom. The molecule has 9 heteroatoms. The number of aromatic nitrogens is 2. The maximum atomic E-state index is 12.9. The molecule has 2 aliphatic heterocycles. The zero-order chi connectivity index (χ0) is 21.5. The fraction of sp³-hybridized carbons (Fsp3) is 0.476. The van der Waals surface area contributed by atoms with Gasteiger partial charge in [-0.1, -0.05) is 0 Å². The standard InChI is InChI=1S/C21H24F3N5O/c1-27(2)18-16-13-29(19(30)14-5-7-15(8-6-14)21(22,23)24)12-9-17(16)25-20(26-18)28-10-3-4-11-28/h5-8H,3-4,9-13H2,1-2H3. The molecule has 1 saturated heterocycles. The van der Waals surface area contributed by atoms with Crippen molar-refractivity contribution in [1.82, 2.24) is 14.9 Å². The SMILES string of the molecule is CN(C)c1nc(N2CCCC2)nc2c1CN(C(=O)c1ccc(C(F)(F)F)cc1)CC2. The zero-order valence-electron chi connectivity index (χ0n) is 17.0. The van der Waals surface area contributed by atoms with Crippen LogP contribution in [0.15, 0.2) is 24.3 Å². The van der Waals surface area contributed by atoms with Crippen molar-refractivity contribution in [2.45, 2.75) is 32.0 Å². The summed E-state index contributed by atoms with van der Waals surface area (Å²) in [4.78, 5) is 28.2. The molecule has 1 amide bonds. The summed E-state index contributed by atoms with van der Waals surface area (Å²) in [6.07, 6.45) is -1.57. The van der Waals surface area contributed by atoms with Gasteiger partial charge < -0.3 is 14.7 Å². The number of hydrogen-bond acceptors (Lipinski definition) is 5. The molecular formula is C21H24F3N5O. The van der Waals surface area contributed by atoms with E-state index in [0.717, 1.165) is 61.1 Å². The van der Waals surface area contributed by atoms with Crippen LogP contribution in [0.4, 0.5) is 24.9 Å². The largest absolute Gasteiger partial charge is 0.416 e. The summed E-state index contributed by atoms with van der Waals surface area (Å²) in [5.41, 5.74) is 1.31. The number of fused-ring (bicyclic) bond motifs is 1. The van der Waals surface area contributed by atoms with Gasteiger partial charge in [0.05, 0.1) is 17.8 Å². The van der Waals surface area contributed by atoms with E-state index in [4.69, 9.17) is 9.97 Å². The molecule has 3 heterocycles. The minimum absolute atomic E-state index is 0.243.